The molecule has 0 bridgehead atoms. The summed E-state index contributed by atoms with van der Waals surface area (Å²) in [6.45, 7) is 9.14. The number of aromatic nitrogens is 3. The van der Waals surface area contributed by atoms with Crippen LogP contribution in [-0.4, -0.2) is 77.0 Å². The molecule has 2 aromatic rings. The number of hydrogen-bond donors (Lipinski definition) is 1. The van der Waals surface area contributed by atoms with E-state index in [2.05, 4.69) is 42.8 Å². The van der Waals surface area contributed by atoms with Crippen LogP contribution in [0.15, 0.2) is 22.5 Å². The van der Waals surface area contributed by atoms with E-state index in [1.807, 2.05) is 29.9 Å². The normalized spacial score (nSPS) is 15.4. The van der Waals surface area contributed by atoms with Gasteiger partial charge in [0.2, 0.25) is 0 Å². The number of piperazine rings is 1. The maximum Gasteiger partial charge on any atom is 0.194 e. The molecule has 0 amide bonds. The molecular formula is C19H32IN7OS. The molecule has 162 valence electrons. The molecule has 0 aromatic carbocycles. The van der Waals surface area contributed by atoms with Crippen molar-refractivity contribution < 1.29 is 4.74 Å². The summed E-state index contributed by atoms with van der Waals surface area (Å²) in [5.74, 6) is 2.74. The Morgan fingerprint density at radius 1 is 1.28 bits per heavy atom. The second kappa shape index (κ2) is 12.5. The molecule has 0 aliphatic carbocycles. The van der Waals surface area contributed by atoms with Gasteiger partial charge >= 0.3 is 0 Å². The van der Waals surface area contributed by atoms with Crippen molar-refractivity contribution in [3.05, 3.63) is 34.0 Å². The number of hydrogen-bond acceptors (Lipinski definition) is 6. The van der Waals surface area contributed by atoms with Crippen molar-refractivity contribution in [3.63, 3.8) is 0 Å². The first-order valence-corrected chi connectivity index (χ1v) is 10.7. The van der Waals surface area contributed by atoms with E-state index in [0.717, 1.165) is 69.9 Å². The highest BCUT2D eigenvalue weighted by molar-refractivity contribution is 14.0. The Balaban J connectivity index is 0.00000300. The molecule has 0 atom stereocenters. The van der Waals surface area contributed by atoms with E-state index >= 15 is 0 Å². The fraction of sp³-hybridized carbons (Fsp3) is 0.632. The molecule has 10 heteroatoms. The van der Waals surface area contributed by atoms with E-state index < -0.39 is 0 Å². The topological polar surface area (TPSA) is 70.8 Å². The average Bonchev–Trinajstić information content (AvgIpc) is 3.33. The van der Waals surface area contributed by atoms with Gasteiger partial charge in [-0.1, -0.05) is 6.07 Å². The quantitative estimate of drug-likeness (QED) is 0.243. The third kappa shape index (κ3) is 7.19. The van der Waals surface area contributed by atoms with Crippen LogP contribution in [0.2, 0.25) is 0 Å². The van der Waals surface area contributed by atoms with Gasteiger partial charge < -0.3 is 19.5 Å². The average molecular weight is 533 g/mol. The second-order valence-electron chi connectivity index (χ2n) is 6.98. The Hall–Kier alpha value is -1.24. The van der Waals surface area contributed by atoms with E-state index in [1.54, 1.807) is 7.11 Å². The first-order valence-electron chi connectivity index (χ1n) is 9.79. The summed E-state index contributed by atoms with van der Waals surface area (Å²) in [7, 11) is 3.72. The van der Waals surface area contributed by atoms with Crippen LogP contribution in [0.25, 0.3) is 0 Å². The summed E-state index contributed by atoms with van der Waals surface area (Å²) in [5, 5.41) is 14.0. The van der Waals surface area contributed by atoms with Crippen molar-refractivity contribution >= 4 is 41.3 Å². The zero-order valence-electron chi connectivity index (χ0n) is 17.5. The van der Waals surface area contributed by atoms with E-state index in [4.69, 9.17) is 9.73 Å². The molecule has 3 rings (SSSR count). The highest BCUT2D eigenvalue weighted by atomic mass is 127. The van der Waals surface area contributed by atoms with Crippen LogP contribution in [-0.2, 0) is 24.9 Å². The largest absolute Gasteiger partial charge is 0.385 e. The minimum Gasteiger partial charge on any atom is -0.385 e. The highest BCUT2D eigenvalue weighted by Crippen LogP contribution is 2.13. The lowest BCUT2D eigenvalue weighted by atomic mass is 10.3. The molecule has 1 N–H and O–H groups in total. The predicted octanol–water partition coefficient (Wildman–Crippen LogP) is 2.10. The molecule has 1 aliphatic rings. The van der Waals surface area contributed by atoms with Gasteiger partial charge in [-0.05, 0) is 24.8 Å². The van der Waals surface area contributed by atoms with Crippen LogP contribution in [0.5, 0.6) is 0 Å². The third-order valence-corrected chi connectivity index (χ3v) is 5.85. The van der Waals surface area contributed by atoms with Crippen LogP contribution in [0, 0.1) is 6.92 Å². The van der Waals surface area contributed by atoms with Crippen molar-refractivity contribution in [2.24, 2.45) is 12.0 Å². The Kier molecular flexibility index (Phi) is 10.3. The van der Waals surface area contributed by atoms with E-state index in [-0.39, 0.29) is 24.0 Å². The summed E-state index contributed by atoms with van der Waals surface area (Å²) in [5.41, 5.74) is 0. The number of methoxy groups -OCH3 is 1. The van der Waals surface area contributed by atoms with Gasteiger partial charge in [0.15, 0.2) is 11.8 Å². The fourth-order valence-corrected chi connectivity index (χ4v) is 3.91. The number of nitrogens with one attached hydrogen (secondary N) is 1. The number of aliphatic imine (C=N–C) groups is 1. The first-order chi connectivity index (χ1) is 13.7. The minimum atomic E-state index is 0. The second-order valence-corrected chi connectivity index (χ2v) is 8.01. The number of guanidine groups is 1. The van der Waals surface area contributed by atoms with Gasteiger partial charge in [-0.2, -0.15) is 0 Å². The molecule has 0 spiro atoms. The van der Waals surface area contributed by atoms with Crippen molar-refractivity contribution in [1.82, 2.24) is 29.9 Å². The number of rotatable bonds is 8. The highest BCUT2D eigenvalue weighted by Gasteiger charge is 2.20. The Bertz CT molecular complexity index is 742. The van der Waals surface area contributed by atoms with E-state index in [0.29, 0.717) is 6.54 Å². The van der Waals surface area contributed by atoms with Crippen LogP contribution in [0.4, 0.5) is 0 Å². The first kappa shape index (κ1) is 24.0. The molecule has 0 radical (unpaired) electrons. The van der Waals surface area contributed by atoms with Gasteiger partial charge in [0.05, 0.1) is 0 Å². The standard InChI is InChI=1S/C19H31N7OS.HI/c1-16-22-23-18(24(16)2)14-21-19(20-7-5-12-27-3)26-10-8-25(9-11-26)15-17-6-4-13-28-17;/h4,6,13H,5,7-12,14-15H2,1-3H3,(H,20,21);1H. The van der Waals surface area contributed by atoms with Gasteiger partial charge in [-0.15, -0.1) is 45.5 Å². The van der Waals surface area contributed by atoms with Gasteiger partial charge in [-0.3, -0.25) is 4.90 Å². The monoisotopic (exact) mass is 533 g/mol. The molecule has 29 heavy (non-hydrogen) atoms. The SMILES string of the molecule is COCCCNC(=NCc1nnc(C)n1C)N1CCN(Cc2cccs2)CC1.I. The summed E-state index contributed by atoms with van der Waals surface area (Å²) in [6.07, 6.45) is 0.955. The number of thiophene rings is 1. The summed E-state index contributed by atoms with van der Waals surface area (Å²) < 4.78 is 7.15. The van der Waals surface area contributed by atoms with Crippen molar-refractivity contribution in [3.8, 4) is 0 Å². The zero-order chi connectivity index (χ0) is 19.8. The van der Waals surface area contributed by atoms with E-state index in [9.17, 15) is 0 Å². The molecule has 0 unspecified atom stereocenters. The summed E-state index contributed by atoms with van der Waals surface area (Å²) >= 11 is 1.83. The molecular weight excluding hydrogens is 501 g/mol. The van der Waals surface area contributed by atoms with Gasteiger partial charge in [0.1, 0.15) is 12.4 Å². The number of halogens is 1. The van der Waals surface area contributed by atoms with Gasteiger partial charge in [0, 0.05) is 64.9 Å². The third-order valence-electron chi connectivity index (χ3n) is 4.99. The fourth-order valence-electron chi connectivity index (χ4n) is 3.16. The maximum atomic E-state index is 5.16. The summed E-state index contributed by atoms with van der Waals surface area (Å²) in [4.78, 5) is 11.1. The van der Waals surface area contributed by atoms with Crippen molar-refractivity contribution in [2.75, 3.05) is 46.4 Å². The molecule has 8 nitrogen and oxygen atoms in total. The van der Waals surface area contributed by atoms with Gasteiger partial charge in [0.25, 0.3) is 0 Å². The molecule has 0 saturated carbocycles. The lowest BCUT2D eigenvalue weighted by Crippen LogP contribution is -2.52. The molecule has 1 aliphatic heterocycles. The van der Waals surface area contributed by atoms with Crippen LogP contribution in [0.1, 0.15) is 22.9 Å². The van der Waals surface area contributed by atoms with Crippen LogP contribution < -0.4 is 5.32 Å². The predicted molar refractivity (Wildman–Crippen MR) is 128 cm³/mol. The number of nitrogens with zero attached hydrogens (tertiary/aromatic N) is 6. The molecule has 3 heterocycles. The summed E-state index contributed by atoms with van der Waals surface area (Å²) in [6, 6.07) is 4.34. The Morgan fingerprint density at radius 3 is 2.69 bits per heavy atom. The lowest BCUT2D eigenvalue weighted by Gasteiger charge is -2.36. The van der Waals surface area contributed by atoms with E-state index in [1.165, 1.54) is 4.88 Å². The van der Waals surface area contributed by atoms with Crippen molar-refractivity contribution in [1.29, 1.82) is 0 Å². The molecule has 2 aromatic heterocycles. The Morgan fingerprint density at radius 2 is 2.07 bits per heavy atom. The molecule has 1 fully saturated rings. The minimum absolute atomic E-state index is 0. The zero-order valence-corrected chi connectivity index (χ0v) is 20.7. The van der Waals surface area contributed by atoms with Gasteiger partial charge in [-0.25, -0.2) is 4.99 Å². The van der Waals surface area contributed by atoms with Crippen LogP contribution >= 0.6 is 35.3 Å². The maximum absolute atomic E-state index is 5.16. The van der Waals surface area contributed by atoms with Crippen molar-refractivity contribution in [2.45, 2.75) is 26.4 Å². The molecule has 1 saturated heterocycles. The number of ether oxygens (including phenoxy) is 1. The lowest BCUT2D eigenvalue weighted by molar-refractivity contribution is 0.172. The number of aryl methyl sites for hydroxylation is 1. The Labute approximate surface area is 194 Å². The smallest absolute Gasteiger partial charge is 0.194 e. The van der Waals surface area contributed by atoms with Crippen LogP contribution in [0.3, 0.4) is 0 Å².